The van der Waals surface area contributed by atoms with Crippen LogP contribution in [-0.2, 0) is 18.8 Å². The molecule has 0 aliphatic carbocycles. The van der Waals surface area contributed by atoms with E-state index < -0.39 is 20.1 Å². The summed E-state index contributed by atoms with van der Waals surface area (Å²) in [6, 6.07) is 0. The van der Waals surface area contributed by atoms with Gasteiger partial charge in [-0.2, -0.15) is 0 Å². The molecule has 4 nitrogen and oxygen atoms in total. The summed E-state index contributed by atoms with van der Waals surface area (Å²) < 4.78 is 10.3. The molecule has 0 unspecified atom stereocenters. The number of unbranched alkanes of at least 4 members (excludes halogenated alkanes) is 1. The molecule has 0 N–H and O–H groups in total. The van der Waals surface area contributed by atoms with Crippen LogP contribution in [0.25, 0.3) is 0 Å². The van der Waals surface area contributed by atoms with E-state index in [9.17, 15) is 9.59 Å². The lowest BCUT2D eigenvalue weighted by atomic mass is 10.2. The Morgan fingerprint density at radius 2 is 1.75 bits per heavy atom. The van der Waals surface area contributed by atoms with Gasteiger partial charge in [0.2, 0.25) is 5.78 Å². The first-order chi connectivity index (χ1) is 9.12. The highest BCUT2D eigenvalue weighted by atomic mass is 28.4. The van der Waals surface area contributed by atoms with Crippen LogP contribution in [0, 0.1) is 0 Å². The third kappa shape index (κ3) is 7.00. The topological polar surface area (TPSA) is 52.6 Å². The van der Waals surface area contributed by atoms with Gasteiger partial charge < -0.3 is 9.16 Å². The maximum atomic E-state index is 11.2. The summed E-state index contributed by atoms with van der Waals surface area (Å²) in [7, 11) is -0.457. The Bertz CT molecular complexity index is 353. The Morgan fingerprint density at radius 1 is 1.15 bits per heavy atom. The summed E-state index contributed by atoms with van der Waals surface area (Å²) in [5, 5.41) is 0.216. The zero-order valence-corrected chi connectivity index (χ0v) is 14.6. The number of esters is 1. The zero-order valence-electron chi connectivity index (χ0n) is 13.6. The van der Waals surface area contributed by atoms with Gasteiger partial charge in [0.15, 0.2) is 8.32 Å². The second-order valence-corrected chi connectivity index (χ2v) is 11.2. The summed E-state index contributed by atoms with van der Waals surface area (Å²) in [4.78, 5) is 22.1. The van der Waals surface area contributed by atoms with E-state index in [0.29, 0.717) is 13.0 Å². The Balaban J connectivity index is 3.85. The average molecular weight is 300 g/mol. The first-order valence-corrected chi connectivity index (χ1v) is 9.93. The van der Waals surface area contributed by atoms with E-state index in [1.165, 1.54) is 7.11 Å². The van der Waals surface area contributed by atoms with E-state index in [1.54, 1.807) is 0 Å². The van der Waals surface area contributed by atoms with Gasteiger partial charge in [0.1, 0.15) is 0 Å². The molecule has 20 heavy (non-hydrogen) atoms. The second kappa shape index (κ2) is 8.37. The van der Waals surface area contributed by atoms with Gasteiger partial charge in [-0.05, 0) is 31.0 Å². The number of ether oxygens (including phenoxy) is 1. The number of hydrogen-bond acceptors (Lipinski definition) is 4. The van der Waals surface area contributed by atoms with Gasteiger partial charge in [-0.1, -0.05) is 32.9 Å². The molecule has 0 aliphatic rings. The van der Waals surface area contributed by atoms with E-state index in [4.69, 9.17) is 4.43 Å². The smallest absolute Gasteiger partial charge is 0.374 e. The standard InChI is InChI=1S/C15H28O4Si/c1-15(2,3)20(5,6)19-12-10-8-7-9-11-13(16)14(17)18-4/h8,10H,7,9,11-12H2,1-6H3/b10-8+. The normalized spacial score (nSPS) is 12.7. The highest BCUT2D eigenvalue weighted by Crippen LogP contribution is 2.36. The first kappa shape index (κ1) is 19.1. The quantitative estimate of drug-likeness (QED) is 0.226. The summed E-state index contributed by atoms with van der Waals surface area (Å²) in [5.41, 5.74) is 0. The van der Waals surface area contributed by atoms with E-state index in [1.807, 2.05) is 12.2 Å². The van der Waals surface area contributed by atoms with E-state index in [0.717, 1.165) is 6.42 Å². The minimum atomic E-state index is -1.68. The van der Waals surface area contributed by atoms with Crippen molar-refractivity contribution in [1.82, 2.24) is 0 Å². The minimum Gasteiger partial charge on any atom is -0.463 e. The molecule has 0 heterocycles. The molecule has 5 heteroatoms. The van der Waals surface area contributed by atoms with Gasteiger partial charge in [0, 0.05) is 6.42 Å². The Morgan fingerprint density at radius 3 is 2.25 bits per heavy atom. The van der Waals surface area contributed by atoms with Crippen molar-refractivity contribution >= 4 is 20.1 Å². The molecule has 0 fully saturated rings. The van der Waals surface area contributed by atoms with Crippen molar-refractivity contribution < 1.29 is 18.8 Å². The molecule has 0 spiro atoms. The van der Waals surface area contributed by atoms with Crippen LogP contribution < -0.4 is 0 Å². The van der Waals surface area contributed by atoms with Crippen molar-refractivity contribution in [3.63, 3.8) is 0 Å². The predicted molar refractivity (Wildman–Crippen MR) is 83.2 cm³/mol. The van der Waals surface area contributed by atoms with Crippen LogP contribution >= 0.6 is 0 Å². The molecule has 0 atom stereocenters. The number of allylic oxidation sites excluding steroid dienone is 1. The fourth-order valence-corrected chi connectivity index (χ4v) is 2.20. The van der Waals surface area contributed by atoms with Gasteiger partial charge in [-0.15, -0.1) is 0 Å². The minimum absolute atomic E-state index is 0.216. The third-order valence-electron chi connectivity index (χ3n) is 3.70. The Labute approximate surface area is 123 Å². The third-order valence-corrected chi connectivity index (χ3v) is 8.20. The van der Waals surface area contributed by atoms with Crippen LogP contribution in [0.2, 0.25) is 18.1 Å². The molecule has 116 valence electrons. The predicted octanol–water partition coefficient (Wildman–Crippen LogP) is 3.48. The van der Waals surface area contributed by atoms with E-state index in [2.05, 4.69) is 38.6 Å². The molecule has 0 bridgehead atoms. The van der Waals surface area contributed by atoms with Crippen molar-refractivity contribution in [1.29, 1.82) is 0 Å². The van der Waals surface area contributed by atoms with Crippen LogP contribution in [0.5, 0.6) is 0 Å². The molecule has 0 aromatic carbocycles. The average Bonchev–Trinajstić information content (AvgIpc) is 2.34. The number of Topliss-reactive ketones (excluding diaryl/α,β-unsaturated/α-hetero) is 1. The monoisotopic (exact) mass is 300 g/mol. The lowest BCUT2D eigenvalue weighted by molar-refractivity contribution is -0.151. The summed E-state index contributed by atoms with van der Waals surface area (Å²) in [6.45, 7) is 11.7. The fourth-order valence-electron chi connectivity index (χ4n) is 1.26. The largest absolute Gasteiger partial charge is 0.463 e. The maximum Gasteiger partial charge on any atom is 0.374 e. The number of ketones is 1. The summed E-state index contributed by atoms with van der Waals surface area (Å²) >= 11 is 0. The molecule has 0 saturated carbocycles. The number of carbonyl (C=O) groups excluding carboxylic acids is 2. The van der Waals surface area contributed by atoms with Crippen LogP contribution in [0.3, 0.4) is 0 Å². The molecular formula is C15H28O4Si. The van der Waals surface area contributed by atoms with Crippen LogP contribution in [0.15, 0.2) is 12.2 Å². The van der Waals surface area contributed by atoms with Crippen molar-refractivity contribution in [2.45, 2.75) is 58.2 Å². The number of rotatable bonds is 8. The second-order valence-electron chi connectivity index (χ2n) is 6.35. The van der Waals surface area contributed by atoms with Crippen molar-refractivity contribution in [2.24, 2.45) is 0 Å². The van der Waals surface area contributed by atoms with Crippen molar-refractivity contribution in [2.75, 3.05) is 13.7 Å². The van der Waals surface area contributed by atoms with E-state index in [-0.39, 0.29) is 11.5 Å². The lowest BCUT2D eigenvalue weighted by Gasteiger charge is -2.35. The number of methoxy groups -OCH3 is 1. The number of hydrogen-bond donors (Lipinski definition) is 0. The van der Waals surface area contributed by atoms with Gasteiger partial charge in [0.05, 0.1) is 13.7 Å². The SMILES string of the molecule is COC(=O)C(=O)CCC/C=C/CO[Si](C)(C)C(C)(C)C. The molecule has 0 aromatic rings. The van der Waals surface area contributed by atoms with Crippen LogP contribution in [0.4, 0.5) is 0 Å². The van der Waals surface area contributed by atoms with Crippen molar-refractivity contribution in [3.05, 3.63) is 12.2 Å². The van der Waals surface area contributed by atoms with Crippen molar-refractivity contribution in [3.8, 4) is 0 Å². The van der Waals surface area contributed by atoms with Gasteiger partial charge in [-0.3, -0.25) is 4.79 Å². The Kier molecular flexibility index (Phi) is 7.97. The first-order valence-electron chi connectivity index (χ1n) is 7.02. The Hall–Kier alpha value is -0.943. The van der Waals surface area contributed by atoms with Gasteiger partial charge >= 0.3 is 5.97 Å². The van der Waals surface area contributed by atoms with E-state index >= 15 is 0 Å². The highest BCUT2D eigenvalue weighted by Gasteiger charge is 2.36. The van der Waals surface area contributed by atoms with Crippen LogP contribution in [0.1, 0.15) is 40.0 Å². The summed E-state index contributed by atoms with van der Waals surface area (Å²) in [6.07, 6.45) is 5.65. The molecule has 0 rings (SSSR count). The lowest BCUT2D eigenvalue weighted by Crippen LogP contribution is -2.40. The molecule has 0 radical (unpaired) electrons. The van der Waals surface area contributed by atoms with Crippen LogP contribution in [-0.4, -0.2) is 33.8 Å². The zero-order chi connectivity index (χ0) is 15.8. The van der Waals surface area contributed by atoms with Gasteiger partial charge in [0.25, 0.3) is 0 Å². The molecule has 0 aliphatic heterocycles. The van der Waals surface area contributed by atoms with Gasteiger partial charge in [-0.25, -0.2) is 4.79 Å². The molecule has 0 amide bonds. The highest BCUT2D eigenvalue weighted by molar-refractivity contribution is 6.74. The molecule has 0 saturated heterocycles. The number of carbonyl (C=O) groups is 2. The maximum absolute atomic E-state index is 11.2. The molecular weight excluding hydrogens is 272 g/mol. The molecule has 0 aromatic heterocycles. The fraction of sp³-hybridized carbons (Fsp3) is 0.733. The summed E-state index contributed by atoms with van der Waals surface area (Å²) in [5.74, 6) is -1.21.